The van der Waals surface area contributed by atoms with Crippen molar-refractivity contribution in [3.63, 3.8) is 0 Å². The molecule has 34 heavy (non-hydrogen) atoms. The molecule has 1 fully saturated rings. The summed E-state index contributed by atoms with van der Waals surface area (Å²) in [5.74, 6) is -1.54. The molecule has 0 aromatic heterocycles. The molecule has 2 aliphatic rings. The van der Waals surface area contributed by atoms with Crippen molar-refractivity contribution in [2.75, 3.05) is 17.2 Å². The minimum Gasteiger partial charge on any atom is -0.334 e. The van der Waals surface area contributed by atoms with Crippen LogP contribution in [0.5, 0.6) is 0 Å². The van der Waals surface area contributed by atoms with Gasteiger partial charge in [-0.05, 0) is 36.2 Å². The molecule has 3 aromatic carbocycles. The second-order valence-electron chi connectivity index (χ2n) is 8.45. The quantitative estimate of drug-likeness (QED) is 0.577. The number of hydrogen-bond acceptors (Lipinski definition) is 3. The van der Waals surface area contributed by atoms with Gasteiger partial charge in [0.25, 0.3) is 5.91 Å². The molecule has 174 valence electrons. The Morgan fingerprint density at radius 2 is 1.85 bits per heavy atom. The molecule has 2 aliphatic heterocycles. The first kappa shape index (κ1) is 22.4. The molecule has 3 aromatic rings. The van der Waals surface area contributed by atoms with E-state index in [0.29, 0.717) is 30.1 Å². The van der Waals surface area contributed by atoms with Crippen LogP contribution in [0.15, 0.2) is 66.7 Å². The second kappa shape index (κ2) is 8.76. The summed E-state index contributed by atoms with van der Waals surface area (Å²) in [6, 6.07) is 18.5. The van der Waals surface area contributed by atoms with E-state index < -0.39 is 16.5 Å². The molecule has 1 saturated heterocycles. The van der Waals surface area contributed by atoms with Crippen LogP contribution >= 0.6 is 11.8 Å². The first-order valence-electron chi connectivity index (χ1n) is 11.0. The largest absolute Gasteiger partial charge is 0.334 e. The van der Waals surface area contributed by atoms with Gasteiger partial charge in [0.15, 0.2) is 16.5 Å². The zero-order valence-electron chi connectivity index (χ0n) is 18.6. The van der Waals surface area contributed by atoms with Gasteiger partial charge in [-0.25, -0.2) is 13.6 Å². The SMILES string of the molecule is Cc1cccc(CNC(=O)N2CCS[C@]23C(=O)N(Cc2ccc(F)c(F)c2)c2ccccc23)c1. The number of carbonyl (C=O) groups is 2. The minimum atomic E-state index is -1.19. The first-order valence-corrected chi connectivity index (χ1v) is 12.0. The number of benzene rings is 3. The van der Waals surface area contributed by atoms with Crippen LogP contribution in [0, 0.1) is 18.6 Å². The lowest BCUT2D eigenvalue weighted by Gasteiger charge is -2.33. The summed E-state index contributed by atoms with van der Waals surface area (Å²) < 4.78 is 27.2. The number of nitrogens with one attached hydrogen (secondary N) is 1. The predicted molar refractivity (Wildman–Crippen MR) is 128 cm³/mol. The number of carbonyl (C=O) groups excluding carboxylic acids is 2. The molecule has 8 heteroatoms. The van der Waals surface area contributed by atoms with E-state index in [4.69, 9.17) is 0 Å². The van der Waals surface area contributed by atoms with Crippen LogP contribution in [0.25, 0.3) is 0 Å². The number of rotatable bonds is 4. The molecular weight excluding hydrogens is 456 g/mol. The van der Waals surface area contributed by atoms with Crippen LogP contribution in [0.2, 0.25) is 0 Å². The molecule has 1 atom stereocenters. The zero-order valence-corrected chi connectivity index (χ0v) is 19.4. The standard InChI is InChI=1S/C26H23F2N3O2S/c1-17-5-4-6-18(13-17)15-29-25(33)31-11-12-34-26(31)20-7-2-3-8-23(20)30(24(26)32)16-19-9-10-21(27)22(28)14-19/h2-10,13-14H,11-12,15-16H2,1H3,(H,29,33)/t26-/m1/s1. The van der Waals surface area contributed by atoms with E-state index in [9.17, 15) is 18.4 Å². The summed E-state index contributed by atoms with van der Waals surface area (Å²) in [6.07, 6.45) is 0. The number of para-hydroxylation sites is 1. The van der Waals surface area contributed by atoms with Gasteiger partial charge in [-0.15, -0.1) is 11.8 Å². The van der Waals surface area contributed by atoms with E-state index in [1.165, 1.54) is 17.8 Å². The van der Waals surface area contributed by atoms with Crippen LogP contribution in [-0.4, -0.2) is 29.1 Å². The van der Waals surface area contributed by atoms with Crippen molar-refractivity contribution in [1.82, 2.24) is 10.2 Å². The Morgan fingerprint density at radius 1 is 1.03 bits per heavy atom. The van der Waals surface area contributed by atoms with E-state index in [1.54, 1.807) is 9.80 Å². The molecule has 3 amide bonds. The molecule has 0 saturated carbocycles. The molecule has 5 nitrogen and oxygen atoms in total. The van der Waals surface area contributed by atoms with Crippen molar-refractivity contribution in [3.05, 3.63) is 101 Å². The fourth-order valence-electron chi connectivity index (χ4n) is 4.64. The second-order valence-corrected chi connectivity index (χ2v) is 9.74. The third kappa shape index (κ3) is 3.72. The molecular formula is C26H23F2N3O2S. The van der Waals surface area contributed by atoms with E-state index in [1.807, 2.05) is 55.5 Å². The van der Waals surface area contributed by atoms with Gasteiger partial charge in [0.1, 0.15) is 0 Å². The van der Waals surface area contributed by atoms with Crippen LogP contribution in [0.1, 0.15) is 22.3 Å². The maximum absolute atomic E-state index is 13.9. The molecule has 5 rings (SSSR count). The summed E-state index contributed by atoms with van der Waals surface area (Å²) in [7, 11) is 0. The number of anilines is 1. The van der Waals surface area contributed by atoms with E-state index >= 15 is 0 Å². The Balaban J connectivity index is 1.44. The Labute approximate surface area is 200 Å². The van der Waals surface area contributed by atoms with Gasteiger partial charge in [-0.3, -0.25) is 9.69 Å². The van der Waals surface area contributed by atoms with Crippen LogP contribution in [0.3, 0.4) is 0 Å². The molecule has 1 N–H and O–H groups in total. The lowest BCUT2D eigenvalue weighted by molar-refractivity contribution is -0.123. The summed E-state index contributed by atoms with van der Waals surface area (Å²) in [5.41, 5.74) is 3.96. The highest BCUT2D eigenvalue weighted by Gasteiger charge is 2.59. The van der Waals surface area contributed by atoms with E-state index in [-0.39, 0.29) is 18.5 Å². The normalized spacial score (nSPS) is 19.1. The van der Waals surface area contributed by atoms with Crippen molar-refractivity contribution in [2.45, 2.75) is 24.9 Å². The highest BCUT2D eigenvalue weighted by molar-refractivity contribution is 8.01. The van der Waals surface area contributed by atoms with Crippen molar-refractivity contribution in [3.8, 4) is 0 Å². The van der Waals surface area contributed by atoms with Crippen LogP contribution in [-0.2, 0) is 22.8 Å². The van der Waals surface area contributed by atoms with Gasteiger partial charge in [-0.1, -0.05) is 54.1 Å². The van der Waals surface area contributed by atoms with Crippen molar-refractivity contribution in [1.29, 1.82) is 0 Å². The Bertz CT molecular complexity index is 1280. The predicted octanol–water partition coefficient (Wildman–Crippen LogP) is 4.93. The first-order chi connectivity index (χ1) is 16.4. The van der Waals surface area contributed by atoms with Gasteiger partial charge < -0.3 is 10.2 Å². The summed E-state index contributed by atoms with van der Waals surface area (Å²) in [4.78, 5) is 29.2. The third-order valence-electron chi connectivity index (χ3n) is 6.20. The number of fused-ring (bicyclic) bond motifs is 2. The fraction of sp³-hybridized carbons (Fsp3) is 0.231. The van der Waals surface area contributed by atoms with Gasteiger partial charge in [-0.2, -0.15) is 0 Å². The number of nitrogens with zero attached hydrogens (tertiary/aromatic N) is 2. The lowest BCUT2D eigenvalue weighted by Crippen LogP contribution is -2.53. The van der Waals surface area contributed by atoms with Gasteiger partial charge in [0, 0.05) is 24.4 Å². The Kier molecular flexibility index (Phi) is 5.77. The summed E-state index contributed by atoms with van der Waals surface area (Å²) >= 11 is 1.42. The van der Waals surface area contributed by atoms with Crippen LogP contribution in [0.4, 0.5) is 19.3 Å². The average Bonchev–Trinajstić information content (AvgIpc) is 3.37. The maximum atomic E-state index is 13.9. The molecule has 0 bridgehead atoms. The van der Waals surface area contributed by atoms with Crippen molar-refractivity contribution in [2.24, 2.45) is 0 Å². The molecule has 1 spiro atoms. The van der Waals surface area contributed by atoms with E-state index in [0.717, 1.165) is 28.8 Å². The highest BCUT2D eigenvalue weighted by atomic mass is 32.2. The number of urea groups is 1. The number of aryl methyl sites for hydroxylation is 1. The number of amides is 3. The van der Waals surface area contributed by atoms with Gasteiger partial charge in [0.05, 0.1) is 12.2 Å². The van der Waals surface area contributed by atoms with Crippen LogP contribution < -0.4 is 10.2 Å². The topological polar surface area (TPSA) is 52.7 Å². The maximum Gasteiger partial charge on any atom is 0.319 e. The number of thioether (sulfide) groups is 1. The smallest absolute Gasteiger partial charge is 0.319 e. The fourth-order valence-corrected chi connectivity index (χ4v) is 6.10. The van der Waals surface area contributed by atoms with Gasteiger partial charge >= 0.3 is 6.03 Å². The monoisotopic (exact) mass is 479 g/mol. The number of halogens is 2. The number of hydrogen-bond donors (Lipinski definition) is 1. The molecule has 0 radical (unpaired) electrons. The molecule has 0 unspecified atom stereocenters. The Morgan fingerprint density at radius 3 is 2.65 bits per heavy atom. The van der Waals surface area contributed by atoms with E-state index in [2.05, 4.69) is 5.32 Å². The molecule has 2 heterocycles. The minimum absolute atomic E-state index is 0.0775. The summed E-state index contributed by atoms with van der Waals surface area (Å²) in [6.45, 7) is 2.84. The third-order valence-corrected chi connectivity index (χ3v) is 7.62. The van der Waals surface area contributed by atoms with Crippen molar-refractivity contribution >= 4 is 29.4 Å². The zero-order chi connectivity index (χ0) is 23.9. The lowest BCUT2D eigenvalue weighted by atomic mass is 10.1. The Hall–Kier alpha value is -3.39. The van der Waals surface area contributed by atoms with Gasteiger partial charge in [0.2, 0.25) is 0 Å². The average molecular weight is 480 g/mol. The highest BCUT2D eigenvalue weighted by Crippen LogP contribution is 2.54. The summed E-state index contributed by atoms with van der Waals surface area (Å²) in [5, 5.41) is 2.96. The molecule has 0 aliphatic carbocycles. The van der Waals surface area contributed by atoms with Crippen molar-refractivity contribution < 1.29 is 18.4 Å².